The largest absolute Gasteiger partial charge is 0.471 e. The molecule has 6 rings (SSSR count). The minimum atomic E-state index is -0.307. The Bertz CT molecular complexity index is 1940. The zero-order chi connectivity index (χ0) is 33.5. The van der Waals surface area contributed by atoms with Gasteiger partial charge in [-0.15, -0.1) is 0 Å². The van der Waals surface area contributed by atoms with Crippen LogP contribution in [0.15, 0.2) is 77.8 Å². The third-order valence-corrected chi connectivity index (χ3v) is 8.46. The van der Waals surface area contributed by atoms with Gasteiger partial charge in [0.15, 0.2) is 0 Å². The molecule has 48 heavy (non-hydrogen) atoms. The van der Waals surface area contributed by atoms with Crippen LogP contribution in [-0.4, -0.2) is 53.8 Å². The number of nitrogens with zero attached hydrogens (tertiary/aromatic N) is 1. The number of aliphatic imine (C=N–C) groups is 1. The Balaban J connectivity index is 0.910. The maximum Gasteiger partial charge on any atom is 0.319 e. The normalized spacial score (nSPS) is 11.6. The van der Waals surface area contributed by atoms with Gasteiger partial charge in [-0.05, 0) is 143 Å². The monoisotopic (exact) mass is 678 g/mol. The van der Waals surface area contributed by atoms with Crippen molar-refractivity contribution in [1.82, 2.24) is 10.6 Å². The molecule has 0 saturated carbocycles. The maximum absolute atomic E-state index is 12.6. The van der Waals surface area contributed by atoms with E-state index in [-0.39, 0.29) is 23.8 Å². The second-order valence-corrected chi connectivity index (χ2v) is 12.0. The molecule has 4 aromatic carbocycles. The number of rotatable bonds is 11. The highest BCUT2D eigenvalue weighted by Gasteiger charge is 2.21. The lowest BCUT2D eigenvalue weighted by atomic mass is 10.1. The van der Waals surface area contributed by atoms with E-state index in [1.165, 1.54) is 22.3 Å². The summed E-state index contributed by atoms with van der Waals surface area (Å²) >= 11 is 10.1. The van der Waals surface area contributed by atoms with Gasteiger partial charge in [0.1, 0.15) is 0 Å². The zero-order valence-corrected chi connectivity index (χ0v) is 27.7. The first-order chi connectivity index (χ1) is 23.4. The van der Waals surface area contributed by atoms with Gasteiger partial charge in [0, 0.05) is 36.8 Å². The summed E-state index contributed by atoms with van der Waals surface area (Å²) in [5, 5.41) is 26.0. The summed E-state index contributed by atoms with van der Waals surface area (Å²) in [7, 11) is 0. The van der Waals surface area contributed by atoms with E-state index >= 15 is 0 Å². The molecule has 0 aliphatic heterocycles. The van der Waals surface area contributed by atoms with Gasteiger partial charge in [0.2, 0.25) is 0 Å². The molecule has 4 amide bonds. The van der Waals surface area contributed by atoms with Crippen LogP contribution < -0.4 is 26.6 Å². The number of hydrogen-bond donors (Lipinski definition) is 6. The van der Waals surface area contributed by atoms with Gasteiger partial charge in [-0.25, -0.2) is 9.59 Å². The van der Waals surface area contributed by atoms with E-state index < -0.39 is 0 Å². The van der Waals surface area contributed by atoms with Crippen molar-refractivity contribution in [2.75, 3.05) is 42.3 Å². The summed E-state index contributed by atoms with van der Waals surface area (Å²) in [6, 6.07) is 23.3. The molecule has 6 N–H and O–H groups in total. The summed E-state index contributed by atoms with van der Waals surface area (Å²) in [6.45, 7) is 1.20. The minimum absolute atomic E-state index is 0.0288. The molecule has 0 atom stereocenters. The van der Waals surface area contributed by atoms with Crippen LogP contribution in [0.25, 0.3) is 22.3 Å². The van der Waals surface area contributed by atoms with E-state index in [1.807, 2.05) is 54.6 Å². The number of isothiocyanates is 1. The van der Waals surface area contributed by atoms with E-state index in [0.717, 1.165) is 40.0 Å². The third-order valence-electron chi connectivity index (χ3n) is 8.14. The van der Waals surface area contributed by atoms with Gasteiger partial charge >= 0.3 is 12.1 Å². The zero-order valence-electron chi connectivity index (χ0n) is 26.0. The molecule has 0 heterocycles. The fraction of sp³-hybridized carbons (Fsp3) is 0.222. The van der Waals surface area contributed by atoms with E-state index in [0.29, 0.717) is 50.3 Å². The molecule has 0 unspecified atom stereocenters. The van der Waals surface area contributed by atoms with Crippen LogP contribution in [-0.2, 0) is 17.6 Å². The van der Waals surface area contributed by atoms with Crippen LogP contribution in [0.1, 0.15) is 35.1 Å². The van der Waals surface area contributed by atoms with Crippen LogP contribution >= 0.6 is 24.4 Å². The third kappa shape index (κ3) is 7.87. The number of fused-ring (bicyclic) bond motifs is 6. The van der Waals surface area contributed by atoms with Crippen molar-refractivity contribution in [1.29, 1.82) is 0 Å². The van der Waals surface area contributed by atoms with Crippen molar-refractivity contribution in [3.8, 4) is 22.3 Å². The fourth-order valence-corrected chi connectivity index (χ4v) is 6.29. The Morgan fingerprint density at radius 2 is 1.19 bits per heavy atom. The summed E-state index contributed by atoms with van der Waals surface area (Å²) in [5.41, 5.74) is 12.2. The molecule has 2 aliphatic carbocycles. The Labute approximate surface area is 289 Å². The number of aliphatic hydroxyl groups excluding tert-OH is 1. The fourth-order valence-electron chi connectivity index (χ4n) is 5.99. The van der Waals surface area contributed by atoms with Crippen molar-refractivity contribution in [2.24, 2.45) is 4.99 Å². The van der Waals surface area contributed by atoms with E-state index in [9.17, 15) is 9.59 Å². The Kier molecular flexibility index (Phi) is 10.4. The van der Waals surface area contributed by atoms with Gasteiger partial charge in [0.05, 0.1) is 17.5 Å². The molecule has 2 aliphatic rings. The summed E-state index contributed by atoms with van der Waals surface area (Å²) in [5.74, 6) is 0. The smallest absolute Gasteiger partial charge is 0.319 e. The number of hydrogen-bond acceptors (Lipinski definition) is 7. The summed E-state index contributed by atoms with van der Waals surface area (Å²) < 4.78 is 5.69. The lowest BCUT2D eigenvalue weighted by molar-refractivity contribution is 0.248. The predicted octanol–water partition coefficient (Wildman–Crippen LogP) is 6.99. The van der Waals surface area contributed by atoms with Crippen molar-refractivity contribution < 1.29 is 19.4 Å². The Morgan fingerprint density at radius 1 is 0.708 bits per heavy atom. The second-order valence-electron chi connectivity index (χ2n) is 11.5. The SMILES string of the molecule is O=C(NCCCO)Nc1ccc2c(c1)Cc1cc(NC(=O)NCCCOC(=S)Nc3ccc4c(c3)Cc3cc(N=C=S)ccc3-4)ccc1-2. The summed E-state index contributed by atoms with van der Waals surface area (Å²) in [6.07, 6.45) is 2.58. The average molecular weight is 679 g/mol. The molecule has 10 nitrogen and oxygen atoms in total. The standard InChI is InChI=1S/C36H34N6O4S2/c43-13-1-11-37-34(44)40-27-4-8-31-23(18-27)16-24-19-28(5-9-32(24)31)41-35(45)38-12-2-14-46-36(48)42-29-6-10-33-25(20-29)15-22-17-26(39-21-47)3-7-30(22)33/h3-10,17-20,43H,1-2,11-16H2,(H,42,48)(H2,37,40,44)(H2,38,41,45). The molecule has 244 valence electrons. The first kappa shape index (κ1) is 32.8. The number of thiocarbonyl (C=S) groups is 2. The first-order valence-corrected chi connectivity index (χ1v) is 16.5. The van der Waals surface area contributed by atoms with Crippen molar-refractivity contribution in [3.05, 3.63) is 95.1 Å². The molecule has 0 aromatic heterocycles. The lowest BCUT2D eigenvalue weighted by Crippen LogP contribution is -2.30. The molecule has 12 heteroatoms. The number of amides is 4. The van der Waals surface area contributed by atoms with Crippen molar-refractivity contribution in [3.63, 3.8) is 0 Å². The molecule has 0 bridgehead atoms. The van der Waals surface area contributed by atoms with Crippen LogP contribution in [0, 0.1) is 0 Å². The number of nitrogens with one attached hydrogen (secondary N) is 5. The number of aliphatic hydroxyl groups is 1. The maximum atomic E-state index is 12.6. The molecule has 0 spiro atoms. The number of anilines is 3. The molecule has 0 fully saturated rings. The van der Waals surface area contributed by atoms with E-state index in [1.54, 1.807) is 0 Å². The molecular formula is C36H34N6O4S2. The van der Waals surface area contributed by atoms with Crippen LogP contribution in [0.4, 0.5) is 32.3 Å². The van der Waals surface area contributed by atoms with Gasteiger partial charge in [-0.2, -0.15) is 4.99 Å². The van der Waals surface area contributed by atoms with Gasteiger partial charge in [-0.3, -0.25) is 0 Å². The number of urea groups is 2. The van der Waals surface area contributed by atoms with E-state index in [4.69, 9.17) is 34.3 Å². The average Bonchev–Trinajstić information content (AvgIpc) is 3.61. The Morgan fingerprint density at radius 3 is 1.71 bits per heavy atom. The number of benzene rings is 4. The predicted molar refractivity (Wildman–Crippen MR) is 197 cm³/mol. The number of ether oxygens (including phenoxy) is 1. The van der Waals surface area contributed by atoms with Crippen molar-refractivity contribution in [2.45, 2.75) is 25.7 Å². The second kappa shape index (κ2) is 15.2. The van der Waals surface area contributed by atoms with Crippen LogP contribution in [0.3, 0.4) is 0 Å². The van der Waals surface area contributed by atoms with Gasteiger partial charge in [0.25, 0.3) is 5.17 Å². The number of carbonyl (C=O) groups excluding carboxylic acids is 2. The van der Waals surface area contributed by atoms with Gasteiger partial charge < -0.3 is 36.4 Å². The highest BCUT2D eigenvalue weighted by molar-refractivity contribution is 7.80. The quantitative estimate of drug-likeness (QED) is 0.0494. The van der Waals surface area contributed by atoms with Gasteiger partial charge in [-0.1, -0.05) is 24.3 Å². The van der Waals surface area contributed by atoms with Crippen molar-refractivity contribution >= 4 is 69.6 Å². The highest BCUT2D eigenvalue weighted by Crippen LogP contribution is 2.40. The molecule has 4 aromatic rings. The molecular weight excluding hydrogens is 645 g/mol. The molecule has 0 radical (unpaired) electrons. The topological polar surface area (TPSA) is 136 Å². The highest BCUT2D eigenvalue weighted by atomic mass is 32.1. The Hall–Kier alpha value is -5.13. The minimum Gasteiger partial charge on any atom is -0.471 e. The molecule has 0 saturated heterocycles. The summed E-state index contributed by atoms with van der Waals surface area (Å²) in [4.78, 5) is 28.7. The number of carbonyl (C=O) groups is 2. The van der Waals surface area contributed by atoms with Crippen LogP contribution in [0.2, 0.25) is 0 Å². The van der Waals surface area contributed by atoms with E-state index in [2.05, 4.69) is 54.9 Å². The van der Waals surface area contributed by atoms with Crippen LogP contribution in [0.5, 0.6) is 0 Å². The first-order valence-electron chi connectivity index (χ1n) is 15.6. The lowest BCUT2D eigenvalue weighted by Gasteiger charge is -2.12.